The second-order valence-corrected chi connectivity index (χ2v) is 10.6. The van der Waals surface area contributed by atoms with Crippen LogP contribution in [0.25, 0.3) is 0 Å². The zero-order valence-electron chi connectivity index (χ0n) is 17.0. The molecule has 29 heavy (non-hydrogen) atoms. The number of nitrogens with one attached hydrogen (secondary N) is 2. The number of nitrogens with zero attached hydrogens (tertiary/aromatic N) is 2. The van der Waals surface area contributed by atoms with Crippen LogP contribution in [-0.4, -0.2) is 41.5 Å². The summed E-state index contributed by atoms with van der Waals surface area (Å²) >= 11 is 0. The van der Waals surface area contributed by atoms with Crippen molar-refractivity contribution >= 4 is 33.2 Å². The lowest BCUT2D eigenvalue weighted by Gasteiger charge is -2.18. The lowest BCUT2D eigenvalue weighted by molar-refractivity contribution is -0.123. The molecule has 1 saturated heterocycles. The highest BCUT2D eigenvalue weighted by molar-refractivity contribution is 7.91. The molecular formula is C20H26N4O4S. The number of carbonyl (C=O) groups excluding carboxylic acids is 2. The van der Waals surface area contributed by atoms with Gasteiger partial charge in [-0.3, -0.25) is 9.59 Å². The van der Waals surface area contributed by atoms with Crippen LogP contribution in [-0.2, 0) is 14.6 Å². The van der Waals surface area contributed by atoms with Crippen LogP contribution in [0.2, 0.25) is 0 Å². The van der Waals surface area contributed by atoms with Crippen LogP contribution < -0.4 is 10.6 Å². The van der Waals surface area contributed by atoms with E-state index in [0.717, 1.165) is 0 Å². The SMILES string of the molecule is Cc1cc(NC(=O)c2cccc(NC(=O)C(C)(C)C)c2)n(C2CCS(=O)(=O)C2)n1. The molecular weight excluding hydrogens is 392 g/mol. The average Bonchev–Trinajstić information content (AvgIpc) is 3.15. The predicted octanol–water partition coefficient (Wildman–Crippen LogP) is 2.79. The van der Waals surface area contributed by atoms with E-state index in [1.165, 1.54) is 0 Å². The molecule has 0 aliphatic carbocycles. The summed E-state index contributed by atoms with van der Waals surface area (Å²) in [5.41, 5.74) is 1.05. The van der Waals surface area contributed by atoms with Crippen LogP contribution in [0.3, 0.4) is 0 Å². The molecule has 1 unspecified atom stereocenters. The van der Waals surface area contributed by atoms with E-state index in [-0.39, 0.29) is 29.4 Å². The molecule has 2 amide bonds. The summed E-state index contributed by atoms with van der Waals surface area (Å²) in [5, 5.41) is 9.99. The second kappa shape index (κ2) is 7.62. The summed E-state index contributed by atoms with van der Waals surface area (Å²) in [7, 11) is -3.07. The molecule has 0 saturated carbocycles. The van der Waals surface area contributed by atoms with E-state index in [1.54, 1.807) is 41.9 Å². The first-order valence-electron chi connectivity index (χ1n) is 9.44. The molecule has 1 aromatic carbocycles. The number of rotatable bonds is 4. The number of hydrogen-bond donors (Lipinski definition) is 2. The molecule has 0 spiro atoms. The highest BCUT2D eigenvalue weighted by Crippen LogP contribution is 2.27. The molecule has 2 heterocycles. The molecule has 1 fully saturated rings. The first-order valence-corrected chi connectivity index (χ1v) is 11.3. The van der Waals surface area contributed by atoms with Crippen LogP contribution >= 0.6 is 0 Å². The van der Waals surface area contributed by atoms with Gasteiger partial charge in [-0.2, -0.15) is 5.10 Å². The Hall–Kier alpha value is -2.68. The van der Waals surface area contributed by atoms with E-state index in [2.05, 4.69) is 15.7 Å². The molecule has 1 atom stereocenters. The van der Waals surface area contributed by atoms with Crippen molar-refractivity contribution in [3.05, 3.63) is 41.6 Å². The van der Waals surface area contributed by atoms with E-state index in [1.807, 2.05) is 20.8 Å². The fourth-order valence-electron chi connectivity index (χ4n) is 3.10. The van der Waals surface area contributed by atoms with Crippen molar-refractivity contribution in [2.75, 3.05) is 22.1 Å². The number of aromatic nitrogens is 2. The number of carbonyl (C=O) groups is 2. The van der Waals surface area contributed by atoms with Gasteiger partial charge in [-0.15, -0.1) is 0 Å². The Morgan fingerprint density at radius 2 is 1.90 bits per heavy atom. The zero-order valence-corrected chi connectivity index (χ0v) is 17.8. The van der Waals surface area contributed by atoms with Gasteiger partial charge >= 0.3 is 0 Å². The third-order valence-electron chi connectivity index (χ3n) is 4.72. The van der Waals surface area contributed by atoms with Crippen molar-refractivity contribution in [3.63, 3.8) is 0 Å². The Kier molecular flexibility index (Phi) is 5.53. The smallest absolute Gasteiger partial charge is 0.256 e. The van der Waals surface area contributed by atoms with E-state index < -0.39 is 15.3 Å². The summed E-state index contributed by atoms with van der Waals surface area (Å²) in [5.74, 6) is 0.0916. The molecule has 3 rings (SSSR count). The summed E-state index contributed by atoms with van der Waals surface area (Å²) < 4.78 is 25.2. The molecule has 1 aromatic heterocycles. The van der Waals surface area contributed by atoms with Gasteiger partial charge in [0.1, 0.15) is 5.82 Å². The lowest BCUT2D eigenvalue weighted by Crippen LogP contribution is -2.27. The molecule has 2 N–H and O–H groups in total. The van der Waals surface area contributed by atoms with Crippen molar-refractivity contribution in [2.45, 2.75) is 40.2 Å². The second-order valence-electron chi connectivity index (χ2n) is 8.41. The highest BCUT2D eigenvalue weighted by Gasteiger charge is 2.31. The fraction of sp³-hybridized carbons (Fsp3) is 0.450. The Labute approximate surface area is 170 Å². The maximum atomic E-state index is 12.8. The van der Waals surface area contributed by atoms with Crippen molar-refractivity contribution in [1.29, 1.82) is 0 Å². The topological polar surface area (TPSA) is 110 Å². The minimum Gasteiger partial charge on any atom is -0.326 e. The third-order valence-corrected chi connectivity index (χ3v) is 6.47. The Morgan fingerprint density at radius 1 is 1.17 bits per heavy atom. The van der Waals surface area contributed by atoms with Gasteiger partial charge in [-0.1, -0.05) is 26.8 Å². The zero-order chi connectivity index (χ0) is 21.4. The van der Waals surface area contributed by atoms with Gasteiger partial charge < -0.3 is 10.6 Å². The van der Waals surface area contributed by atoms with Crippen molar-refractivity contribution in [2.24, 2.45) is 5.41 Å². The fourth-order valence-corrected chi connectivity index (χ4v) is 4.79. The summed E-state index contributed by atoms with van der Waals surface area (Å²) in [6.45, 7) is 7.22. The lowest BCUT2D eigenvalue weighted by atomic mass is 9.95. The van der Waals surface area contributed by atoms with Crippen LogP contribution in [0.4, 0.5) is 11.5 Å². The average molecular weight is 419 g/mol. The molecule has 1 aliphatic heterocycles. The highest BCUT2D eigenvalue weighted by atomic mass is 32.2. The van der Waals surface area contributed by atoms with Gasteiger partial charge in [0.15, 0.2) is 9.84 Å². The monoisotopic (exact) mass is 418 g/mol. The minimum absolute atomic E-state index is 0.0192. The number of hydrogen-bond acceptors (Lipinski definition) is 5. The van der Waals surface area contributed by atoms with Crippen LogP contribution in [0.15, 0.2) is 30.3 Å². The van der Waals surface area contributed by atoms with Gasteiger partial charge in [0.25, 0.3) is 5.91 Å². The standard InChI is InChI=1S/C20H26N4O4S/c1-13-10-17(24(23-13)16-8-9-29(27,28)12-16)22-18(25)14-6-5-7-15(11-14)21-19(26)20(2,3)4/h5-7,10-11,16H,8-9,12H2,1-4H3,(H,21,26)(H,22,25). The molecule has 2 aromatic rings. The van der Waals surface area contributed by atoms with Crippen LogP contribution in [0, 0.1) is 12.3 Å². The molecule has 9 heteroatoms. The number of benzene rings is 1. The van der Waals surface area contributed by atoms with Gasteiger partial charge in [0.2, 0.25) is 5.91 Å². The summed E-state index contributed by atoms with van der Waals surface area (Å²) in [6, 6.07) is 8.09. The normalized spacial score (nSPS) is 18.4. The number of anilines is 2. The molecule has 1 aliphatic rings. The van der Waals surface area contributed by atoms with E-state index >= 15 is 0 Å². The maximum Gasteiger partial charge on any atom is 0.256 e. The molecule has 8 nitrogen and oxygen atoms in total. The van der Waals surface area contributed by atoms with Gasteiger partial charge in [0, 0.05) is 22.7 Å². The van der Waals surface area contributed by atoms with Gasteiger partial charge in [0.05, 0.1) is 23.2 Å². The molecule has 0 radical (unpaired) electrons. The largest absolute Gasteiger partial charge is 0.326 e. The van der Waals surface area contributed by atoms with Crippen molar-refractivity contribution in [3.8, 4) is 0 Å². The minimum atomic E-state index is -3.07. The molecule has 0 bridgehead atoms. The Balaban J connectivity index is 1.78. The number of sulfone groups is 1. The first-order chi connectivity index (χ1) is 13.4. The van der Waals surface area contributed by atoms with E-state index in [9.17, 15) is 18.0 Å². The molecule has 156 valence electrons. The van der Waals surface area contributed by atoms with Crippen LogP contribution in [0.5, 0.6) is 0 Å². The Morgan fingerprint density at radius 3 is 2.52 bits per heavy atom. The first kappa shape index (κ1) is 21.0. The van der Waals surface area contributed by atoms with Crippen LogP contribution in [0.1, 0.15) is 49.3 Å². The summed E-state index contributed by atoms with van der Waals surface area (Å²) in [6.07, 6.45) is 0.473. The third kappa shape index (κ3) is 5.03. The summed E-state index contributed by atoms with van der Waals surface area (Å²) in [4.78, 5) is 25.0. The number of amides is 2. The van der Waals surface area contributed by atoms with Crippen molar-refractivity contribution in [1.82, 2.24) is 9.78 Å². The van der Waals surface area contributed by atoms with E-state index in [4.69, 9.17) is 0 Å². The maximum absolute atomic E-state index is 12.8. The van der Waals surface area contributed by atoms with E-state index in [0.29, 0.717) is 29.2 Å². The quantitative estimate of drug-likeness (QED) is 0.793. The van der Waals surface area contributed by atoms with Gasteiger partial charge in [-0.25, -0.2) is 13.1 Å². The van der Waals surface area contributed by atoms with Crippen molar-refractivity contribution < 1.29 is 18.0 Å². The Bertz CT molecular complexity index is 1050. The number of aryl methyl sites for hydroxylation is 1. The predicted molar refractivity (Wildman–Crippen MR) is 112 cm³/mol. The van der Waals surface area contributed by atoms with Gasteiger partial charge in [-0.05, 0) is 31.5 Å².